The monoisotopic (exact) mass is 742 g/mol. The molecule has 2 aromatic carbocycles. The Balaban J connectivity index is 1.96. The van der Waals surface area contributed by atoms with Gasteiger partial charge in [-0.2, -0.15) is 21.6 Å². The Hall–Kier alpha value is -4.05. The lowest BCUT2D eigenvalue weighted by atomic mass is 9.91. The lowest BCUT2D eigenvalue weighted by Crippen LogP contribution is -2.67. The number of esters is 1. The van der Waals surface area contributed by atoms with Crippen LogP contribution in [-0.2, 0) is 29.9 Å². The van der Waals surface area contributed by atoms with E-state index >= 15 is 0 Å². The molecule has 4 rings (SSSR count). The third-order valence-electron chi connectivity index (χ3n) is 8.38. The molecule has 2 heterocycles. The Morgan fingerprint density at radius 1 is 0.941 bits per heavy atom. The first-order valence-electron chi connectivity index (χ1n) is 16.6. The van der Waals surface area contributed by atoms with Crippen molar-refractivity contribution in [2.24, 2.45) is 5.92 Å². The van der Waals surface area contributed by atoms with Gasteiger partial charge in [-0.25, -0.2) is 4.79 Å². The Morgan fingerprint density at radius 2 is 1.51 bits per heavy atom. The van der Waals surface area contributed by atoms with Crippen LogP contribution >= 0.6 is 0 Å². The summed E-state index contributed by atoms with van der Waals surface area (Å²) in [5.41, 5.74) is -5.70. The van der Waals surface area contributed by atoms with Crippen LogP contribution in [0.4, 0.5) is 13.2 Å². The first-order valence-corrected chi connectivity index (χ1v) is 19.9. The number of ether oxygens (including phenoxy) is 1. The van der Waals surface area contributed by atoms with E-state index in [1.54, 1.807) is 20.8 Å². The first-order chi connectivity index (χ1) is 23.6. The van der Waals surface area contributed by atoms with Crippen LogP contribution in [0.2, 0.25) is 5.04 Å². The van der Waals surface area contributed by atoms with Gasteiger partial charge in [0.2, 0.25) is 0 Å². The van der Waals surface area contributed by atoms with Crippen LogP contribution in [0.1, 0.15) is 89.6 Å². The van der Waals surface area contributed by atoms with Gasteiger partial charge in [-0.3, -0.25) is 0 Å². The Labute approximate surface area is 300 Å². The summed E-state index contributed by atoms with van der Waals surface area (Å²) in [7, 11) is -9.47. The maximum Gasteiger partial charge on any atom is 0.534 e. The highest BCUT2D eigenvalue weighted by Crippen LogP contribution is 2.39. The van der Waals surface area contributed by atoms with Crippen LogP contribution in [0.3, 0.4) is 0 Å². The average Bonchev–Trinajstić information content (AvgIpc) is 3.41. The smallest absolute Gasteiger partial charge is 0.461 e. The van der Waals surface area contributed by atoms with Gasteiger partial charge in [0.05, 0.1) is 0 Å². The van der Waals surface area contributed by atoms with Gasteiger partial charge in [0.15, 0.2) is 0 Å². The maximum atomic E-state index is 13.8. The third-order valence-corrected chi connectivity index (χ3v) is 14.4. The number of carbonyl (C=O) groups is 1. The summed E-state index contributed by atoms with van der Waals surface area (Å²) in [5.74, 6) is 4.88. The maximum absolute atomic E-state index is 13.8. The second kappa shape index (κ2) is 15.3. The highest BCUT2D eigenvalue weighted by atomic mass is 32.2. The predicted octanol–water partition coefficient (Wildman–Crippen LogP) is 8.31. The Bertz CT molecular complexity index is 1870. The number of furan rings is 1. The number of hydrogen-bond acceptors (Lipinski definition) is 7. The molecule has 51 heavy (non-hydrogen) atoms. The minimum absolute atomic E-state index is 0.0590. The van der Waals surface area contributed by atoms with Gasteiger partial charge in [-0.15, -0.1) is 5.92 Å². The zero-order valence-corrected chi connectivity index (χ0v) is 31.8. The number of hydrogen-bond donors (Lipinski definition) is 0. The van der Waals surface area contributed by atoms with Crippen molar-refractivity contribution >= 4 is 40.9 Å². The van der Waals surface area contributed by atoms with E-state index in [0.29, 0.717) is 12.8 Å². The fourth-order valence-electron chi connectivity index (χ4n) is 6.03. The SMILES string of the molecule is C=C(C)[C@H]1CCC#C[C@@H](O[Si](c2ccccc2)(c2ccccc2)C(C)(C)C)C/C(OS(=O)(=O)C(F)(F)F)=C\c2cc(C(=O)OC(C)(C)C)c(o2)C1. The van der Waals surface area contributed by atoms with Crippen molar-refractivity contribution in [1.82, 2.24) is 0 Å². The van der Waals surface area contributed by atoms with Crippen LogP contribution in [0.25, 0.3) is 6.08 Å². The summed E-state index contributed by atoms with van der Waals surface area (Å²) in [6.07, 6.45) is 0.505. The number of carbonyl (C=O) groups excluding carboxylic acids is 1. The number of alkyl halides is 3. The number of fused-ring (bicyclic) bond motifs is 2. The number of rotatable bonds is 8. The normalized spacial score (nSPS) is 18.8. The fourth-order valence-corrected chi connectivity index (χ4v) is 11.1. The van der Waals surface area contributed by atoms with E-state index in [9.17, 15) is 26.4 Å². The molecule has 7 nitrogen and oxygen atoms in total. The van der Waals surface area contributed by atoms with Gasteiger partial charge in [0.1, 0.15) is 34.5 Å². The van der Waals surface area contributed by atoms with Crippen molar-refractivity contribution in [3.63, 3.8) is 0 Å². The molecule has 0 saturated carbocycles. The molecule has 0 unspecified atom stereocenters. The highest BCUT2D eigenvalue weighted by molar-refractivity contribution is 7.87. The minimum Gasteiger partial charge on any atom is -0.461 e. The van der Waals surface area contributed by atoms with Crippen LogP contribution in [0.5, 0.6) is 0 Å². The van der Waals surface area contributed by atoms with Crippen molar-refractivity contribution in [1.29, 1.82) is 0 Å². The molecule has 0 radical (unpaired) electrons. The van der Waals surface area contributed by atoms with Crippen molar-refractivity contribution in [3.05, 3.63) is 102 Å². The van der Waals surface area contributed by atoms with Crippen LogP contribution in [0, 0.1) is 17.8 Å². The molecule has 1 aliphatic heterocycles. The largest absolute Gasteiger partial charge is 0.534 e. The molecule has 0 saturated heterocycles. The predicted molar refractivity (Wildman–Crippen MR) is 194 cm³/mol. The molecule has 0 spiro atoms. The summed E-state index contributed by atoms with van der Waals surface area (Å²) in [6, 6.07) is 20.5. The number of halogens is 3. The standard InChI is InChI=1S/C39H45F3O7SSi/c1-27(2)28-17-15-16-18-29(49-51(38(6,7)8,32-19-11-9-12-20-32)33-21-13-10-14-22-33)24-31(48-50(44,45)39(40,41)42)25-30-26-34(35(23-28)46-30)36(43)47-37(3,4)5/h9-14,19-22,25-26,28-29H,1,15,17,23-24H2,2-8H3/b31-25+/t28-,29+/m0/s1. The van der Waals surface area contributed by atoms with Gasteiger partial charge in [-0.05, 0) is 61.5 Å². The molecule has 2 bridgehead atoms. The Morgan fingerprint density at radius 3 is 2.00 bits per heavy atom. The molecule has 1 aromatic heterocycles. The van der Waals surface area contributed by atoms with E-state index in [0.717, 1.165) is 22.0 Å². The van der Waals surface area contributed by atoms with Crippen molar-refractivity contribution in [2.75, 3.05) is 0 Å². The molecule has 1 aliphatic rings. The second-order valence-corrected chi connectivity index (χ2v) is 20.5. The molecule has 12 heteroatoms. The topological polar surface area (TPSA) is 92.0 Å². The van der Waals surface area contributed by atoms with Gasteiger partial charge in [0, 0.05) is 25.3 Å². The summed E-state index contributed by atoms with van der Waals surface area (Å²) in [5, 5.41) is 1.25. The summed E-state index contributed by atoms with van der Waals surface area (Å²) >= 11 is 0. The van der Waals surface area contributed by atoms with E-state index in [1.807, 2.05) is 88.4 Å². The lowest BCUT2D eigenvalue weighted by molar-refractivity contribution is -0.0524. The van der Waals surface area contributed by atoms with Crippen molar-refractivity contribution < 1.29 is 44.1 Å². The zero-order chi connectivity index (χ0) is 37.8. The summed E-state index contributed by atoms with van der Waals surface area (Å²) < 4.78 is 89.9. The number of benzene rings is 2. The molecule has 3 aromatic rings. The molecular formula is C39H45F3O7SSi. The molecule has 2 atom stereocenters. The summed E-state index contributed by atoms with van der Waals surface area (Å²) in [6.45, 7) is 17.2. The number of allylic oxidation sites excluding steroid dienone is 1. The Kier molecular flexibility index (Phi) is 11.9. The van der Waals surface area contributed by atoms with Gasteiger partial charge in [0.25, 0.3) is 8.32 Å². The zero-order valence-electron chi connectivity index (χ0n) is 30.0. The van der Waals surface area contributed by atoms with E-state index in [-0.39, 0.29) is 29.4 Å². The van der Waals surface area contributed by atoms with E-state index in [1.165, 1.54) is 6.07 Å². The molecular weight excluding hydrogens is 698 g/mol. The average molecular weight is 743 g/mol. The quantitative estimate of drug-likeness (QED) is 0.0573. The van der Waals surface area contributed by atoms with E-state index in [4.69, 9.17) is 17.8 Å². The van der Waals surface area contributed by atoms with Crippen LogP contribution in [-0.4, -0.2) is 39.9 Å². The summed E-state index contributed by atoms with van der Waals surface area (Å²) in [4.78, 5) is 13.3. The minimum atomic E-state index is -6.12. The van der Waals surface area contributed by atoms with Crippen molar-refractivity contribution in [2.45, 2.75) is 96.4 Å². The van der Waals surface area contributed by atoms with E-state index in [2.05, 4.69) is 18.4 Å². The second-order valence-electron chi connectivity index (χ2n) is 14.7. The molecule has 0 aliphatic carbocycles. The fraction of sp³-hybridized carbons (Fsp3) is 0.410. The highest BCUT2D eigenvalue weighted by Gasteiger charge is 2.52. The molecule has 0 N–H and O–H groups in total. The van der Waals surface area contributed by atoms with Crippen LogP contribution < -0.4 is 10.4 Å². The van der Waals surface area contributed by atoms with Gasteiger partial charge < -0.3 is 17.8 Å². The molecule has 274 valence electrons. The van der Waals surface area contributed by atoms with Crippen LogP contribution in [0.15, 0.2) is 89.1 Å². The lowest BCUT2D eigenvalue weighted by Gasteiger charge is -2.44. The van der Waals surface area contributed by atoms with Gasteiger partial charge in [-0.1, -0.05) is 99.5 Å². The molecule has 0 amide bonds. The molecule has 0 fully saturated rings. The van der Waals surface area contributed by atoms with Crippen molar-refractivity contribution in [3.8, 4) is 11.8 Å². The third kappa shape index (κ3) is 9.64. The van der Waals surface area contributed by atoms with Gasteiger partial charge >= 0.3 is 21.6 Å². The first kappa shape index (κ1) is 39.7. The van der Waals surface area contributed by atoms with E-state index < -0.39 is 58.8 Å².